The molecule has 0 saturated carbocycles. The molecule has 2 rings (SSSR count). The third-order valence-corrected chi connectivity index (χ3v) is 4.58. The number of aliphatic hydroxyl groups is 1. The van der Waals surface area contributed by atoms with Crippen molar-refractivity contribution >= 4 is 5.97 Å². The van der Waals surface area contributed by atoms with Crippen LogP contribution in [-0.2, 0) is 16.8 Å². The Labute approximate surface area is 148 Å². The number of aliphatic hydroxyl groups excluding tert-OH is 1. The molecule has 1 unspecified atom stereocenters. The van der Waals surface area contributed by atoms with E-state index in [9.17, 15) is 15.0 Å². The molecular weight excluding hydrogens is 316 g/mol. The summed E-state index contributed by atoms with van der Waals surface area (Å²) in [5, 5.41) is 23.2. The van der Waals surface area contributed by atoms with Crippen molar-refractivity contribution in [2.75, 3.05) is 6.54 Å². The molecule has 0 amide bonds. The number of carboxylic acids is 1. The smallest absolute Gasteiger partial charge is 0.328 e. The highest BCUT2D eigenvalue weighted by molar-refractivity contribution is 5.80. The SMILES string of the molecule is CCC(NC[C@@H](O)[C@@H](N)Cc1ccccc1)(C(=O)O)c1ccccc1. The lowest BCUT2D eigenvalue weighted by Crippen LogP contribution is -2.54. The van der Waals surface area contributed by atoms with Crippen LogP contribution in [0.25, 0.3) is 0 Å². The van der Waals surface area contributed by atoms with Crippen LogP contribution in [0.1, 0.15) is 24.5 Å². The Morgan fingerprint density at radius 2 is 1.68 bits per heavy atom. The summed E-state index contributed by atoms with van der Waals surface area (Å²) in [6.45, 7) is 1.91. The van der Waals surface area contributed by atoms with Crippen molar-refractivity contribution in [3.05, 3.63) is 71.8 Å². The number of rotatable bonds is 9. The van der Waals surface area contributed by atoms with Crippen LogP contribution >= 0.6 is 0 Å². The molecule has 2 aromatic carbocycles. The highest BCUT2D eigenvalue weighted by Crippen LogP contribution is 2.25. The Bertz CT molecular complexity index is 663. The van der Waals surface area contributed by atoms with E-state index >= 15 is 0 Å². The number of nitrogens with two attached hydrogens (primary N) is 1. The Hall–Kier alpha value is -2.21. The van der Waals surface area contributed by atoms with Crippen LogP contribution in [0.2, 0.25) is 0 Å². The number of hydrogen-bond donors (Lipinski definition) is 4. The molecule has 0 bridgehead atoms. The zero-order valence-corrected chi connectivity index (χ0v) is 14.4. The molecule has 0 fully saturated rings. The van der Waals surface area contributed by atoms with Gasteiger partial charge in [0.1, 0.15) is 5.54 Å². The average Bonchev–Trinajstić information content (AvgIpc) is 2.64. The Morgan fingerprint density at radius 1 is 1.12 bits per heavy atom. The van der Waals surface area contributed by atoms with Crippen molar-refractivity contribution in [2.24, 2.45) is 5.73 Å². The summed E-state index contributed by atoms with van der Waals surface area (Å²) in [4.78, 5) is 12.0. The van der Waals surface area contributed by atoms with Crippen LogP contribution in [0.4, 0.5) is 0 Å². The van der Waals surface area contributed by atoms with E-state index in [1.807, 2.05) is 55.5 Å². The highest BCUT2D eigenvalue weighted by Gasteiger charge is 2.38. The van der Waals surface area contributed by atoms with Gasteiger partial charge in [0.2, 0.25) is 0 Å². The maximum Gasteiger partial charge on any atom is 0.328 e. The Morgan fingerprint density at radius 3 is 2.20 bits per heavy atom. The molecule has 5 heteroatoms. The molecule has 0 aliphatic carbocycles. The monoisotopic (exact) mass is 342 g/mol. The molecule has 5 N–H and O–H groups in total. The van der Waals surface area contributed by atoms with E-state index in [4.69, 9.17) is 5.73 Å². The molecule has 0 saturated heterocycles. The van der Waals surface area contributed by atoms with Gasteiger partial charge in [-0.15, -0.1) is 0 Å². The van der Waals surface area contributed by atoms with Gasteiger partial charge in [0, 0.05) is 12.6 Å². The van der Waals surface area contributed by atoms with E-state index in [0.717, 1.165) is 5.56 Å². The minimum atomic E-state index is -1.24. The zero-order valence-electron chi connectivity index (χ0n) is 14.4. The normalized spacial score (nSPS) is 16.0. The van der Waals surface area contributed by atoms with E-state index < -0.39 is 23.7 Å². The zero-order chi connectivity index (χ0) is 18.3. The summed E-state index contributed by atoms with van der Waals surface area (Å²) in [6.07, 6.45) is 0.0305. The van der Waals surface area contributed by atoms with Gasteiger partial charge in [0.05, 0.1) is 6.10 Å². The molecule has 0 aliphatic heterocycles. The number of nitrogens with one attached hydrogen (secondary N) is 1. The summed E-state index contributed by atoms with van der Waals surface area (Å²) in [6, 6.07) is 18.2. The van der Waals surface area contributed by atoms with Crippen molar-refractivity contribution in [3.63, 3.8) is 0 Å². The van der Waals surface area contributed by atoms with Crippen molar-refractivity contribution in [3.8, 4) is 0 Å². The van der Waals surface area contributed by atoms with Crippen molar-refractivity contribution in [2.45, 2.75) is 37.5 Å². The lowest BCUT2D eigenvalue weighted by atomic mass is 9.86. The molecular formula is C20H26N2O3. The molecule has 3 atom stereocenters. The topological polar surface area (TPSA) is 95.6 Å². The highest BCUT2D eigenvalue weighted by atomic mass is 16.4. The summed E-state index contributed by atoms with van der Waals surface area (Å²) >= 11 is 0. The van der Waals surface area contributed by atoms with Crippen LogP contribution in [0, 0.1) is 0 Å². The van der Waals surface area contributed by atoms with E-state index in [0.29, 0.717) is 18.4 Å². The van der Waals surface area contributed by atoms with E-state index in [2.05, 4.69) is 5.32 Å². The molecule has 0 aromatic heterocycles. The molecule has 2 aromatic rings. The lowest BCUT2D eigenvalue weighted by Gasteiger charge is -2.32. The van der Waals surface area contributed by atoms with E-state index in [-0.39, 0.29) is 6.54 Å². The fourth-order valence-corrected chi connectivity index (χ4v) is 2.96. The van der Waals surface area contributed by atoms with Gasteiger partial charge in [-0.2, -0.15) is 0 Å². The van der Waals surface area contributed by atoms with Gasteiger partial charge < -0.3 is 15.9 Å². The first-order valence-electron chi connectivity index (χ1n) is 8.51. The number of aliphatic carboxylic acids is 1. The average molecular weight is 342 g/mol. The first kappa shape index (κ1) is 19.1. The number of benzene rings is 2. The van der Waals surface area contributed by atoms with Gasteiger partial charge in [-0.25, -0.2) is 4.79 Å². The van der Waals surface area contributed by atoms with Gasteiger partial charge in [-0.1, -0.05) is 67.6 Å². The van der Waals surface area contributed by atoms with Crippen LogP contribution < -0.4 is 11.1 Å². The molecule has 25 heavy (non-hydrogen) atoms. The predicted molar refractivity (Wildman–Crippen MR) is 98.2 cm³/mol. The molecule has 5 nitrogen and oxygen atoms in total. The van der Waals surface area contributed by atoms with Crippen LogP contribution in [0.3, 0.4) is 0 Å². The minimum absolute atomic E-state index is 0.100. The summed E-state index contributed by atoms with van der Waals surface area (Å²) in [5.74, 6) is -0.968. The van der Waals surface area contributed by atoms with Crippen molar-refractivity contribution in [1.82, 2.24) is 5.32 Å². The van der Waals surface area contributed by atoms with Crippen molar-refractivity contribution in [1.29, 1.82) is 0 Å². The molecule has 0 heterocycles. The first-order chi connectivity index (χ1) is 12.0. The molecule has 0 spiro atoms. The summed E-state index contributed by atoms with van der Waals surface area (Å²) < 4.78 is 0. The summed E-state index contributed by atoms with van der Waals surface area (Å²) in [7, 11) is 0. The predicted octanol–water partition coefficient (Wildman–Crippen LogP) is 1.90. The first-order valence-corrected chi connectivity index (χ1v) is 8.51. The van der Waals surface area contributed by atoms with Crippen LogP contribution in [-0.4, -0.2) is 34.9 Å². The number of carbonyl (C=O) groups is 1. The maximum atomic E-state index is 12.0. The van der Waals surface area contributed by atoms with Crippen LogP contribution in [0.5, 0.6) is 0 Å². The molecule has 134 valence electrons. The fourth-order valence-electron chi connectivity index (χ4n) is 2.96. The fraction of sp³-hybridized carbons (Fsp3) is 0.350. The third-order valence-electron chi connectivity index (χ3n) is 4.58. The van der Waals surface area contributed by atoms with Gasteiger partial charge in [-0.3, -0.25) is 5.32 Å². The Kier molecular flexibility index (Phi) is 6.70. The maximum absolute atomic E-state index is 12.0. The standard InChI is InChI=1S/C20H26N2O3/c1-2-20(19(24)25,16-11-7-4-8-12-16)22-14-18(23)17(21)13-15-9-5-3-6-10-15/h3-12,17-18,22-23H,2,13-14,21H2,1H3,(H,24,25)/t17-,18+,20?/m0/s1. The van der Waals surface area contributed by atoms with E-state index in [1.165, 1.54) is 0 Å². The van der Waals surface area contributed by atoms with Crippen LogP contribution in [0.15, 0.2) is 60.7 Å². The minimum Gasteiger partial charge on any atom is -0.480 e. The lowest BCUT2D eigenvalue weighted by molar-refractivity contribution is -0.145. The number of carboxylic acid groups (broad SMARTS) is 1. The third kappa shape index (κ3) is 4.66. The second-order valence-corrected chi connectivity index (χ2v) is 6.23. The molecule has 0 radical (unpaired) electrons. The second kappa shape index (κ2) is 8.76. The van der Waals surface area contributed by atoms with Gasteiger partial charge in [-0.05, 0) is 24.0 Å². The van der Waals surface area contributed by atoms with Gasteiger partial charge in [0.15, 0.2) is 0 Å². The second-order valence-electron chi connectivity index (χ2n) is 6.23. The molecule has 0 aliphatic rings. The van der Waals surface area contributed by atoms with Crippen molar-refractivity contribution < 1.29 is 15.0 Å². The summed E-state index contributed by atoms with van der Waals surface area (Å²) in [5.41, 5.74) is 6.56. The Balaban J connectivity index is 2.06. The van der Waals surface area contributed by atoms with E-state index in [1.54, 1.807) is 12.1 Å². The quantitative estimate of drug-likeness (QED) is 0.558. The van der Waals surface area contributed by atoms with Gasteiger partial charge >= 0.3 is 5.97 Å². The largest absolute Gasteiger partial charge is 0.480 e. The number of hydrogen-bond acceptors (Lipinski definition) is 4. The van der Waals surface area contributed by atoms with Gasteiger partial charge in [0.25, 0.3) is 0 Å².